The van der Waals surface area contributed by atoms with Crippen molar-refractivity contribution in [3.05, 3.63) is 40.2 Å². The molecule has 1 aliphatic heterocycles. The third kappa shape index (κ3) is 6.31. The second-order valence-corrected chi connectivity index (χ2v) is 8.01. The molecule has 1 saturated heterocycles. The van der Waals surface area contributed by atoms with Crippen LogP contribution >= 0.6 is 0 Å². The Labute approximate surface area is 170 Å². The minimum absolute atomic E-state index is 0.000923. The summed E-state index contributed by atoms with van der Waals surface area (Å²) in [4.78, 5) is 35.8. The van der Waals surface area contributed by atoms with E-state index in [1.165, 1.54) is 0 Å². The molecule has 0 radical (unpaired) electrons. The number of rotatable bonds is 2. The molecular weight excluding hydrogens is 403 g/mol. The van der Waals surface area contributed by atoms with E-state index in [1.807, 2.05) is 24.3 Å². The van der Waals surface area contributed by atoms with Gasteiger partial charge in [0.05, 0.1) is 6.04 Å². The molecule has 1 fully saturated rings. The monoisotopic (exact) mass is 427 g/mol. The Kier molecular flexibility index (Phi) is 6.91. The number of carboxylic acids is 1. The second-order valence-electron chi connectivity index (χ2n) is 8.01. The lowest BCUT2D eigenvalue weighted by Gasteiger charge is -2.34. The van der Waals surface area contributed by atoms with Crippen molar-refractivity contribution in [2.75, 3.05) is 11.9 Å². The molecule has 30 heavy (non-hydrogen) atoms. The maximum Gasteiger partial charge on any atom is 0.490 e. The number of carbonyl (C=O) groups excluding carboxylic acids is 1. The smallest absolute Gasteiger partial charge is 0.475 e. The first-order chi connectivity index (χ1) is 13.8. The fourth-order valence-corrected chi connectivity index (χ4v) is 2.97. The van der Waals surface area contributed by atoms with Gasteiger partial charge < -0.3 is 20.7 Å². The van der Waals surface area contributed by atoms with E-state index in [4.69, 9.17) is 9.90 Å². The number of piperidine rings is 1. The molecule has 1 aromatic heterocycles. The largest absolute Gasteiger partial charge is 0.490 e. The Morgan fingerprint density at radius 2 is 1.87 bits per heavy atom. The Morgan fingerprint density at radius 3 is 2.40 bits per heavy atom. The van der Waals surface area contributed by atoms with Crippen molar-refractivity contribution in [2.24, 2.45) is 5.41 Å². The Balaban J connectivity index is 0.000000396. The molecule has 0 spiro atoms. The van der Waals surface area contributed by atoms with Gasteiger partial charge in [-0.1, -0.05) is 13.8 Å². The van der Waals surface area contributed by atoms with Crippen LogP contribution in [0.1, 0.15) is 32.3 Å². The number of aliphatic carboxylic acids is 1. The molecular formula is C20H24F3N3O4. The van der Waals surface area contributed by atoms with Crippen LogP contribution in [-0.2, 0) is 9.59 Å². The van der Waals surface area contributed by atoms with Crippen LogP contribution in [0.5, 0.6) is 0 Å². The Morgan fingerprint density at radius 1 is 1.23 bits per heavy atom. The van der Waals surface area contributed by atoms with E-state index in [9.17, 15) is 22.8 Å². The van der Waals surface area contributed by atoms with E-state index in [0.717, 1.165) is 36.0 Å². The lowest BCUT2D eigenvalue weighted by atomic mass is 9.82. The van der Waals surface area contributed by atoms with E-state index < -0.39 is 12.1 Å². The lowest BCUT2D eigenvalue weighted by molar-refractivity contribution is -0.192. The van der Waals surface area contributed by atoms with E-state index >= 15 is 0 Å². The molecule has 1 aliphatic rings. The molecule has 2 aromatic rings. The second kappa shape index (κ2) is 8.86. The summed E-state index contributed by atoms with van der Waals surface area (Å²) in [6.07, 6.45) is -3.20. The first kappa shape index (κ1) is 23.4. The molecule has 1 amide bonds. The fourth-order valence-electron chi connectivity index (χ4n) is 2.97. The van der Waals surface area contributed by atoms with Crippen LogP contribution in [-0.4, -0.2) is 40.7 Å². The number of carbonyl (C=O) groups is 2. The van der Waals surface area contributed by atoms with Crippen molar-refractivity contribution in [1.82, 2.24) is 10.3 Å². The number of pyridine rings is 1. The van der Waals surface area contributed by atoms with Crippen LogP contribution in [0.15, 0.2) is 29.1 Å². The topological polar surface area (TPSA) is 111 Å². The Hall–Kier alpha value is -2.88. The number of benzene rings is 1. The quantitative estimate of drug-likeness (QED) is 0.588. The fraction of sp³-hybridized carbons (Fsp3) is 0.450. The average Bonchev–Trinajstić information content (AvgIpc) is 2.62. The molecule has 2 heterocycles. The van der Waals surface area contributed by atoms with Gasteiger partial charge in [-0.2, -0.15) is 13.2 Å². The molecule has 0 saturated carbocycles. The zero-order valence-corrected chi connectivity index (χ0v) is 16.8. The molecule has 164 valence electrons. The molecule has 0 aliphatic carbocycles. The minimum atomic E-state index is -5.08. The van der Waals surface area contributed by atoms with Crippen LogP contribution in [0.25, 0.3) is 10.9 Å². The maximum absolute atomic E-state index is 12.4. The van der Waals surface area contributed by atoms with Crippen molar-refractivity contribution in [3.63, 3.8) is 0 Å². The number of fused-ring (bicyclic) bond motifs is 1. The first-order valence-corrected chi connectivity index (χ1v) is 9.26. The molecule has 1 atom stereocenters. The first-order valence-electron chi connectivity index (χ1n) is 9.26. The number of alkyl halides is 3. The van der Waals surface area contributed by atoms with Crippen LogP contribution in [0, 0.1) is 12.3 Å². The molecule has 10 heteroatoms. The number of nitrogens with one attached hydrogen (secondary N) is 3. The van der Waals surface area contributed by atoms with Gasteiger partial charge in [0, 0.05) is 28.7 Å². The predicted molar refractivity (Wildman–Crippen MR) is 106 cm³/mol. The van der Waals surface area contributed by atoms with Gasteiger partial charge in [0.1, 0.15) is 0 Å². The molecule has 3 rings (SSSR count). The van der Waals surface area contributed by atoms with Crippen molar-refractivity contribution in [1.29, 1.82) is 0 Å². The van der Waals surface area contributed by atoms with E-state index in [1.54, 1.807) is 6.92 Å². The third-order valence-electron chi connectivity index (χ3n) is 4.79. The molecule has 1 aromatic carbocycles. The third-order valence-corrected chi connectivity index (χ3v) is 4.79. The number of hydrogen-bond donors (Lipinski definition) is 4. The summed E-state index contributed by atoms with van der Waals surface area (Å²) in [6, 6.07) is 7.23. The lowest BCUT2D eigenvalue weighted by Crippen LogP contribution is -2.49. The average molecular weight is 427 g/mol. The highest BCUT2D eigenvalue weighted by atomic mass is 19.4. The maximum atomic E-state index is 12.4. The van der Waals surface area contributed by atoms with Gasteiger partial charge in [-0.25, -0.2) is 4.79 Å². The van der Waals surface area contributed by atoms with Gasteiger partial charge in [0.2, 0.25) is 5.91 Å². The van der Waals surface area contributed by atoms with Gasteiger partial charge in [-0.05, 0) is 49.4 Å². The molecule has 7 nitrogen and oxygen atoms in total. The number of amides is 1. The van der Waals surface area contributed by atoms with Crippen LogP contribution in [0.2, 0.25) is 0 Å². The number of hydrogen-bond acceptors (Lipinski definition) is 4. The van der Waals surface area contributed by atoms with Crippen LogP contribution < -0.4 is 16.2 Å². The summed E-state index contributed by atoms with van der Waals surface area (Å²) >= 11 is 0. The van der Waals surface area contributed by atoms with Crippen LogP contribution in [0.3, 0.4) is 0 Å². The summed E-state index contributed by atoms with van der Waals surface area (Å²) in [7, 11) is 0. The summed E-state index contributed by atoms with van der Waals surface area (Å²) in [5.41, 5.74) is 2.36. The van der Waals surface area contributed by atoms with E-state index in [2.05, 4.69) is 29.5 Å². The highest BCUT2D eigenvalue weighted by Crippen LogP contribution is 2.27. The number of carboxylic acid groups (broad SMARTS) is 1. The van der Waals surface area contributed by atoms with Gasteiger partial charge in [-0.3, -0.25) is 9.59 Å². The van der Waals surface area contributed by atoms with Gasteiger partial charge >= 0.3 is 12.1 Å². The number of anilines is 1. The zero-order chi connectivity index (χ0) is 22.7. The van der Waals surface area contributed by atoms with Crippen molar-refractivity contribution in [2.45, 2.75) is 45.8 Å². The molecule has 0 bridgehead atoms. The zero-order valence-electron chi connectivity index (χ0n) is 16.8. The number of halogens is 3. The normalized spacial score (nSPS) is 18.3. The highest BCUT2D eigenvalue weighted by Gasteiger charge is 2.38. The number of H-pyrrole nitrogens is 1. The molecule has 1 unspecified atom stereocenters. The van der Waals surface area contributed by atoms with E-state index in [-0.39, 0.29) is 22.9 Å². The highest BCUT2D eigenvalue weighted by molar-refractivity contribution is 5.96. The van der Waals surface area contributed by atoms with Crippen LogP contribution in [0.4, 0.5) is 18.9 Å². The number of aryl methyl sites for hydroxylation is 1. The molecule has 4 N–H and O–H groups in total. The predicted octanol–water partition coefficient (Wildman–Crippen LogP) is 3.19. The Bertz CT molecular complexity index is 989. The van der Waals surface area contributed by atoms with Gasteiger partial charge in [0.25, 0.3) is 5.56 Å². The number of aromatic amines is 1. The summed E-state index contributed by atoms with van der Waals surface area (Å²) < 4.78 is 31.7. The summed E-state index contributed by atoms with van der Waals surface area (Å²) in [6.45, 7) is 7.04. The summed E-state index contributed by atoms with van der Waals surface area (Å²) in [5, 5.41) is 14.3. The minimum Gasteiger partial charge on any atom is -0.475 e. The van der Waals surface area contributed by atoms with Gasteiger partial charge in [-0.15, -0.1) is 0 Å². The van der Waals surface area contributed by atoms with Crippen molar-refractivity contribution in [3.8, 4) is 0 Å². The summed E-state index contributed by atoms with van der Waals surface area (Å²) in [5.74, 6) is -2.76. The van der Waals surface area contributed by atoms with Crippen molar-refractivity contribution < 1.29 is 27.9 Å². The van der Waals surface area contributed by atoms with Crippen molar-refractivity contribution >= 4 is 28.5 Å². The number of aromatic nitrogens is 1. The standard InChI is InChI=1S/C18H23N3O2.C2HF3O2/c1-11-8-12-9-13(4-5-14(12)21-16(11)22)20-17(23)15-6-7-18(2,3)10-19-15;3-2(4,5)1(6)7/h4-5,8-9,15,19H,6-7,10H2,1-3H3,(H,20,23)(H,21,22);(H,6,7). The van der Waals surface area contributed by atoms with Gasteiger partial charge in [0.15, 0.2) is 0 Å². The van der Waals surface area contributed by atoms with E-state index in [0.29, 0.717) is 5.56 Å². The SMILES string of the molecule is Cc1cc2cc(NC(=O)C3CCC(C)(C)CN3)ccc2[nH]c1=O.O=C(O)C(F)(F)F.